The Morgan fingerprint density at radius 3 is 3.00 bits per heavy atom. The predicted octanol–water partition coefficient (Wildman–Crippen LogP) is 1.71. The summed E-state index contributed by atoms with van der Waals surface area (Å²) in [5, 5.41) is 21.5. The lowest BCUT2D eigenvalue weighted by Crippen LogP contribution is -1.94. The van der Waals surface area contributed by atoms with Crippen LogP contribution in [-0.4, -0.2) is 14.9 Å². The predicted molar refractivity (Wildman–Crippen MR) is 59.2 cm³/mol. The highest BCUT2D eigenvalue weighted by Crippen LogP contribution is 2.23. The normalized spacial score (nSPS) is 10.2. The van der Waals surface area contributed by atoms with Crippen molar-refractivity contribution in [1.29, 1.82) is 5.26 Å². The van der Waals surface area contributed by atoms with Crippen LogP contribution in [0.4, 0.5) is 4.39 Å². The largest absolute Gasteiger partial charge is 0.392 e. The average Bonchev–Trinajstić information content (AvgIpc) is 2.79. The third kappa shape index (κ3) is 2.32. The molecule has 0 fully saturated rings. The third-order valence-corrected chi connectivity index (χ3v) is 2.39. The van der Waals surface area contributed by atoms with E-state index < -0.39 is 0 Å². The molecule has 0 saturated heterocycles. The molecule has 4 nitrogen and oxygen atoms in total. The van der Waals surface area contributed by atoms with E-state index in [1.54, 1.807) is 12.3 Å². The molecule has 0 aliphatic rings. The second-order valence-electron chi connectivity index (χ2n) is 3.56. The summed E-state index contributed by atoms with van der Waals surface area (Å²) in [6.45, 7) is -0.0130. The van der Waals surface area contributed by atoms with Crippen molar-refractivity contribution in [2.24, 2.45) is 0 Å². The van der Waals surface area contributed by atoms with E-state index in [0.29, 0.717) is 16.7 Å². The molecule has 0 aliphatic heterocycles. The first-order valence-electron chi connectivity index (χ1n) is 5.03. The molecule has 17 heavy (non-hydrogen) atoms. The molecule has 0 saturated carbocycles. The molecular formula is C12H10FN3O. The minimum absolute atomic E-state index is 0.126. The summed E-state index contributed by atoms with van der Waals surface area (Å²) in [6, 6.07) is 6.36. The van der Waals surface area contributed by atoms with E-state index in [2.05, 4.69) is 5.10 Å². The van der Waals surface area contributed by atoms with Gasteiger partial charge in [-0.05, 0) is 17.7 Å². The van der Waals surface area contributed by atoms with E-state index >= 15 is 0 Å². The zero-order valence-electron chi connectivity index (χ0n) is 8.97. The summed E-state index contributed by atoms with van der Waals surface area (Å²) in [5.74, 6) is -0.376. The van der Waals surface area contributed by atoms with E-state index in [4.69, 9.17) is 10.4 Å². The molecule has 2 rings (SSSR count). The molecule has 5 heteroatoms. The SMILES string of the molecule is N#CCn1cc(-c2cc(CO)ccc2F)cn1. The molecule has 1 aromatic heterocycles. The number of aliphatic hydroxyl groups excluding tert-OH is 1. The third-order valence-electron chi connectivity index (χ3n) is 2.39. The Hall–Kier alpha value is -2.19. The van der Waals surface area contributed by atoms with E-state index in [1.807, 2.05) is 6.07 Å². The van der Waals surface area contributed by atoms with Crippen LogP contribution in [0.25, 0.3) is 11.1 Å². The van der Waals surface area contributed by atoms with Crippen LogP contribution in [0.3, 0.4) is 0 Å². The number of nitrogens with zero attached hydrogens (tertiary/aromatic N) is 3. The number of rotatable bonds is 3. The number of aromatic nitrogens is 2. The van der Waals surface area contributed by atoms with Crippen LogP contribution in [0.5, 0.6) is 0 Å². The van der Waals surface area contributed by atoms with Crippen molar-refractivity contribution in [3.63, 3.8) is 0 Å². The van der Waals surface area contributed by atoms with Crippen molar-refractivity contribution in [3.8, 4) is 17.2 Å². The lowest BCUT2D eigenvalue weighted by atomic mass is 10.1. The maximum Gasteiger partial charge on any atom is 0.131 e. The molecule has 0 bridgehead atoms. The first kappa shape index (κ1) is 11.3. The van der Waals surface area contributed by atoms with Gasteiger partial charge in [-0.3, -0.25) is 4.68 Å². The molecule has 2 aromatic rings. The number of hydrogen-bond acceptors (Lipinski definition) is 3. The number of nitriles is 1. The Labute approximate surface area is 97.5 Å². The van der Waals surface area contributed by atoms with Gasteiger partial charge in [0.1, 0.15) is 12.4 Å². The van der Waals surface area contributed by atoms with Crippen LogP contribution in [0.15, 0.2) is 30.6 Å². The lowest BCUT2D eigenvalue weighted by molar-refractivity contribution is 0.282. The maximum absolute atomic E-state index is 13.6. The van der Waals surface area contributed by atoms with Crippen LogP contribution in [-0.2, 0) is 13.2 Å². The van der Waals surface area contributed by atoms with Gasteiger partial charge in [0.05, 0.1) is 18.9 Å². The van der Waals surface area contributed by atoms with Gasteiger partial charge in [-0.15, -0.1) is 0 Å². The fourth-order valence-corrected chi connectivity index (χ4v) is 1.55. The first-order chi connectivity index (χ1) is 8.24. The summed E-state index contributed by atoms with van der Waals surface area (Å²) >= 11 is 0. The first-order valence-corrected chi connectivity index (χ1v) is 5.03. The van der Waals surface area contributed by atoms with Crippen LogP contribution >= 0.6 is 0 Å². The molecule has 0 radical (unpaired) electrons. The zero-order chi connectivity index (χ0) is 12.3. The van der Waals surface area contributed by atoms with Crippen LogP contribution < -0.4 is 0 Å². The minimum Gasteiger partial charge on any atom is -0.392 e. The van der Waals surface area contributed by atoms with E-state index in [0.717, 1.165) is 0 Å². The van der Waals surface area contributed by atoms with Gasteiger partial charge in [0.25, 0.3) is 0 Å². The van der Waals surface area contributed by atoms with Gasteiger partial charge < -0.3 is 5.11 Å². The van der Waals surface area contributed by atoms with Crippen LogP contribution in [0, 0.1) is 17.1 Å². The number of benzene rings is 1. The quantitative estimate of drug-likeness (QED) is 0.874. The Kier molecular flexibility index (Phi) is 3.17. The highest BCUT2D eigenvalue weighted by atomic mass is 19.1. The Morgan fingerprint density at radius 1 is 1.47 bits per heavy atom. The van der Waals surface area contributed by atoms with Crippen LogP contribution in [0.2, 0.25) is 0 Å². The molecule has 1 N–H and O–H groups in total. The summed E-state index contributed by atoms with van der Waals surface area (Å²) in [4.78, 5) is 0. The molecule has 0 unspecified atom stereocenters. The Bertz CT molecular complexity index is 571. The van der Waals surface area contributed by atoms with Crippen molar-refractivity contribution in [2.45, 2.75) is 13.2 Å². The molecular weight excluding hydrogens is 221 g/mol. The van der Waals surface area contributed by atoms with Gasteiger partial charge in [0.15, 0.2) is 0 Å². The molecule has 0 atom stereocenters. The van der Waals surface area contributed by atoms with Crippen molar-refractivity contribution in [3.05, 3.63) is 42.0 Å². The minimum atomic E-state index is -0.376. The smallest absolute Gasteiger partial charge is 0.131 e. The molecule has 0 amide bonds. The molecule has 0 spiro atoms. The number of halogens is 1. The monoisotopic (exact) mass is 231 g/mol. The molecule has 1 heterocycles. The van der Waals surface area contributed by atoms with Crippen LogP contribution in [0.1, 0.15) is 5.56 Å². The fraction of sp³-hybridized carbons (Fsp3) is 0.167. The number of aliphatic hydroxyl groups is 1. The zero-order valence-corrected chi connectivity index (χ0v) is 8.97. The van der Waals surface area contributed by atoms with Crippen molar-refractivity contribution < 1.29 is 9.50 Å². The van der Waals surface area contributed by atoms with Gasteiger partial charge in [0, 0.05) is 17.3 Å². The average molecular weight is 231 g/mol. The molecule has 0 aliphatic carbocycles. The fourth-order valence-electron chi connectivity index (χ4n) is 1.55. The number of hydrogen-bond donors (Lipinski definition) is 1. The van der Waals surface area contributed by atoms with Gasteiger partial charge in [0.2, 0.25) is 0 Å². The lowest BCUT2D eigenvalue weighted by Gasteiger charge is -2.02. The summed E-state index contributed by atoms with van der Waals surface area (Å²) < 4.78 is 15.0. The van der Waals surface area contributed by atoms with Gasteiger partial charge in [-0.1, -0.05) is 6.07 Å². The van der Waals surface area contributed by atoms with E-state index in [9.17, 15) is 4.39 Å². The van der Waals surface area contributed by atoms with E-state index in [1.165, 1.54) is 23.0 Å². The topological polar surface area (TPSA) is 61.8 Å². The van der Waals surface area contributed by atoms with Crippen molar-refractivity contribution in [1.82, 2.24) is 9.78 Å². The Morgan fingerprint density at radius 2 is 2.29 bits per heavy atom. The van der Waals surface area contributed by atoms with Crippen molar-refractivity contribution >= 4 is 0 Å². The summed E-state index contributed by atoms with van der Waals surface area (Å²) in [5.41, 5.74) is 1.60. The van der Waals surface area contributed by atoms with Gasteiger partial charge in [-0.25, -0.2) is 4.39 Å². The standard InChI is InChI=1S/C12H10FN3O/c13-12-2-1-9(8-17)5-11(12)10-6-15-16(7-10)4-3-14/h1-2,5-7,17H,4,8H2. The summed E-state index contributed by atoms with van der Waals surface area (Å²) in [7, 11) is 0. The highest BCUT2D eigenvalue weighted by Gasteiger charge is 2.08. The van der Waals surface area contributed by atoms with Gasteiger partial charge >= 0.3 is 0 Å². The summed E-state index contributed by atoms with van der Waals surface area (Å²) in [6.07, 6.45) is 3.10. The maximum atomic E-state index is 13.6. The Balaban J connectivity index is 2.41. The van der Waals surface area contributed by atoms with Gasteiger partial charge in [-0.2, -0.15) is 10.4 Å². The highest BCUT2D eigenvalue weighted by molar-refractivity contribution is 5.63. The molecule has 86 valence electrons. The second-order valence-corrected chi connectivity index (χ2v) is 3.56. The molecule has 1 aromatic carbocycles. The van der Waals surface area contributed by atoms with E-state index in [-0.39, 0.29) is 19.0 Å². The van der Waals surface area contributed by atoms with Crippen molar-refractivity contribution in [2.75, 3.05) is 0 Å². The second kappa shape index (κ2) is 4.76.